The third-order valence-corrected chi connectivity index (χ3v) is 3.79. The highest BCUT2D eigenvalue weighted by Gasteiger charge is 2.20. The minimum absolute atomic E-state index is 0.491. The lowest BCUT2D eigenvalue weighted by Gasteiger charge is -2.23. The van der Waals surface area contributed by atoms with Crippen LogP contribution in [0, 0.1) is 4.77 Å². The van der Waals surface area contributed by atoms with Crippen molar-refractivity contribution >= 4 is 29.2 Å². The van der Waals surface area contributed by atoms with Crippen molar-refractivity contribution in [3.05, 3.63) is 40.7 Å². The molecule has 1 aromatic heterocycles. The fourth-order valence-corrected chi connectivity index (χ4v) is 2.80. The molecule has 112 valence electrons. The Bertz CT molecular complexity index is 730. The summed E-state index contributed by atoms with van der Waals surface area (Å²) in [4.78, 5) is 12.8. The smallest absolute Gasteiger partial charge is 0.327 e. The molecule has 5 nitrogen and oxygen atoms in total. The number of carbonyl (C=O) groups is 1. The number of allylic oxidation sites excluding steroid dienone is 1. The van der Waals surface area contributed by atoms with Crippen molar-refractivity contribution in [1.29, 1.82) is 0 Å². The molecule has 1 atom stereocenters. The molecule has 0 bridgehead atoms. The van der Waals surface area contributed by atoms with Crippen LogP contribution in [0.2, 0.25) is 0 Å². The molecular formula is C15H19N3O2S. The summed E-state index contributed by atoms with van der Waals surface area (Å²) in [6.07, 6.45) is 3.64. The molecule has 1 aliphatic rings. The van der Waals surface area contributed by atoms with Crippen LogP contribution in [0.15, 0.2) is 30.4 Å². The van der Waals surface area contributed by atoms with Crippen LogP contribution in [0.1, 0.15) is 12.5 Å². The standard InChI is InChI=1S/C11H13N3S.C4H6O2/c1-12-8-5-7-3-2-4-9-10(7)14(6-8)11(15)13-9;1-2-3-4(5)6/h2-4,8,12H,5-6H2,1H3,(H,13,15);2-3H,1H3,(H,5,6)/b;3-2-/t8-;/m1./s1. The molecule has 2 heterocycles. The second kappa shape index (κ2) is 6.69. The van der Waals surface area contributed by atoms with Gasteiger partial charge in [-0.15, -0.1) is 0 Å². The summed E-state index contributed by atoms with van der Waals surface area (Å²) in [6, 6.07) is 6.85. The highest BCUT2D eigenvalue weighted by molar-refractivity contribution is 7.71. The van der Waals surface area contributed by atoms with Crippen molar-refractivity contribution < 1.29 is 9.90 Å². The molecule has 0 saturated carbocycles. The van der Waals surface area contributed by atoms with Crippen LogP contribution < -0.4 is 5.32 Å². The highest BCUT2D eigenvalue weighted by atomic mass is 32.1. The van der Waals surface area contributed by atoms with E-state index in [0.29, 0.717) is 6.04 Å². The first-order chi connectivity index (χ1) is 10.1. The zero-order valence-electron chi connectivity index (χ0n) is 12.1. The van der Waals surface area contributed by atoms with Gasteiger partial charge < -0.3 is 20.0 Å². The Kier molecular flexibility index (Phi) is 4.93. The van der Waals surface area contributed by atoms with Crippen LogP contribution in [0.3, 0.4) is 0 Å². The average Bonchev–Trinajstić information content (AvgIpc) is 2.77. The predicted molar refractivity (Wildman–Crippen MR) is 86.1 cm³/mol. The third-order valence-electron chi connectivity index (χ3n) is 3.46. The zero-order valence-corrected chi connectivity index (χ0v) is 12.9. The minimum atomic E-state index is -0.891. The number of para-hydroxylation sites is 1. The van der Waals surface area contributed by atoms with E-state index in [1.165, 1.54) is 17.2 Å². The first-order valence-corrected chi connectivity index (χ1v) is 7.21. The molecule has 21 heavy (non-hydrogen) atoms. The SMILES string of the molecule is C/C=C\C(=O)O.CN[C@@H]1Cc2cccc3[nH]c(=S)n(c23)C1. The number of H-pyrrole nitrogens is 1. The minimum Gasteiger partial charge on any atom is -0.478 e. The van der Waals surface area contributed by atoms with Gasteiger partial charge in [0.25, 0.3) is 0 Å². The van der Waals surface area contributed by atoms with E-state index < -0.39 is 5.97 Å². The lowest BCUT2D eigenvalue weighted by molar-refractivity contribution is -0.131. The number of carboxylic acid groups (broad SMARTS) is 1. The van der Waals surface area contributed by atoms with Crippen molar-refractivity contribution in [2.24, 2.45) is 0 Å². The topological polar surface area (TPSA) is 70.1 Å². The fraction of sp³-hybridized carbons (Fsp3) is 0.333. The van der Waals surface area contributed by atoms with E-state index in [4.69, 9.17) is 17.3 Å². The van der Waals surface area contributed by atoms with Gasteiger partial charge in [0.05, 0.1) is 11.0 Å². The second-order valence-corrected chi connectivity index (χ2v) is 5.27. The predicted octanol–water partition coefficient (Wildman–Crippen LogP) is 2.49. The lowest BCUT2D eigenvalue weighted by atomic mass is 10.0. The summed E-state index contributed by atoms with van der Waals surface area (Å²) < 4.78 is 3.03. The van der Waals surface area contributed by atoms with Gasteiger partial charge in [-0.25, -0.2) is 4.79 Å². The van der Waals surface area contributed by atoms with Crippen molar-refractivity contribution in [2.45, 2.75) is 25.9 Å². The van der Waals surface area contributed by atoms with E-state index >= 15 is 0 Å². The quantitative estimate of drug-likeness (QED) is 0.589. The largest absolute Gasteiger partial charge is 0.478 e. The summed E-state index contributed by atoms with van der Waals surface area (Å²) in [5.74, 6) is -0.891. The number of hydrogen-bond acceptors (Lipinski definition) is 3. The van der Waals surface area contributed by atoms with Gasteiger partial charge in [0.15, 0.2) is 4.77 Å². The first kappa shape index (κ1) is 15.5. The Hall–Kier alpha value is -1.92. The Morgan fingerprint density at radius 3 is 2.90 bits per heavy atom. The average molecular weight is 305 g/mol. The van der Waals surface area contributed by atoms with E-state index in [2.05, 4.69) is 33.1 Å². The number of aromatic nitrogens is 2. The van der Waals surface area contributed by atoms with Crippen molar-refractivity contribution in [3.63, 3.8) is 0 Å². The molecule has 6 heteroatoms. The van der Waals surface area contributed by atoms with E-state index in [-0.39, 0.29) is 0 Å². The van der Waals surface area contributed by atoms with E-state index in [9.17, 15) is 4.79 Å². The lowest BCUT2D eigenvalue weighted by Crippen LogP contribution is -2.35. The molecule has 0 fully saturated rings. The number of imidazole rings is 1. The Morgan fingerprint density at radius 1 is 1.57 bits per heavy atom. The summed E-state index contributed by atoms with van der Waals surface area (Å²) in [5, 5.41) is 11.2. The van der Waals surface area contributed by atoms with Crippen LogP contribution in [0.25, 0.3) is 11.0 Å². The van der Waals surface area contributed by atoms with Gasteiger partial charge in [0, 0.05) is 18.7 Å². The Morgan fingerprint density at radius 2 is 2.33 bits per heavy atom. The number of rotatable bonds is 2. The van der Waals surface area contributed by atoms with Crippen LogP contribution in [-0.2, 0) is 17.8 Å². The molecule has 0 saturated heterocycles. The van der Waals surface area contributed by atoms with Crippen LogP contribution in [-0.4, -0.2) is 33.7 Å². The summed E-state index contributed by atoms with van der Waals surface area (Å²) >= 11 is 5.33. The number of hydrogen-bond donors (Lipinski definition) is 3. The number of carboxylic acids is 1. The maximum atomic E-state index is 9.51. The fourth-order valence-electron chi connectivity index (χ4n) is 2.52. The molecule has 3 N–H and O–H groups in total. The molecular weight excluding hydrogens is 286 g/mol. The van der Waals surface area contributed by atoms with E-state index in [0.717, 1.165) is 29.3 Å². The first-order valence-electron chi connectivity index (χ1n) is 6.80. The number of likely N-dealkylation sites (N-methyl/N-ethyl adjacent to an activating group) is 1. The number of nitrogens with zero attached hydrogens (tertiary/aromatic N) is 1. The molecule has 2 aromatic rings. The number of benzene rings is 1. The third kappa shape index (κ3) is 3.40. The van der Waals surface area contributed by atoms with Crippen molar-refractivity contribution in [2.75, 3.05) is 7.05 Å². The molecule has 0 radical (unpaired) electrons. The van der Waals surface area contributed by atoms with Crippen LogP contribution in [0.4, 0.5) is 0 Å². The second-order valence-electron chi connectivity index (χ2n) is 4.88. The Labute approximate surface area is 128 Å². The molecule has 0 amide bonds. The zero-order chi connectivity index (χ0) is 15.4. The Balaban J connectivity index is 0.000000232. The normalized spacial score (nSPS) is 16.8. The highest BCUT2D eigenvalue weighted by Crippen LogP contribution is 2.24. The van der Waals surface area contributed by atoms with Gasteiger partial charge in [-0.05, 0) is 44.2 Å². The van der Waals surface area contributed by atoms with E-state index in [1.807, 2.05) is 7.05 Å². The number of aromatic amines is 1. The summed E-state index contributed by atoms with van der Waals surface area (Å²) in [6.45, 7) is 2.63. The molecule has 1 aromatic carbocycles. The summed E-state index contributed by atoms with van der Waals surface area (Å²) in [7, 11) is 2.01. The van der Waals surface area contributed by atoms with Crippen LogP contribution >= 0.6 is 12.2 Å². The van der Waals surface area contributed by atoms with Crippen LogP contribution in [0.5, 0.6) is 0 Å². The molecule has 0 aliphatic carbocycles. The van der Waals surface area contributed by atoms with Gasteiger partial charge in [0.1, 0.15) is 0 Å². The van der Waals surface area contributed by atoms with Crippen molar-refractivity contribution in [1.82, 2.24) is 14.9 Å². The van der Waals surface area contributed by atoms with Gasteiger partial charge in [-0.3, -0.25) is 0 Å². The number of aliphatic carboxylic acids is 1. The maximum Gasteiger partial charge on any atom is 0.327 e. The summed E-state index contributed by atoms with van der Waals surface area (Å²) in [5.41, 5.74) is 3.83. The van der Waals surface area contributed by atoms with E-state index in [1.54, 1.807) is 6.92 Å². The van der Waals surface area contributed by atoms with Gasteiger partial charge in [-0.2, -0.15) is 0 Å². The van der Waals surface area contributed by atoms with Gasteiger partial charge in [-0.1, -0.05) is 18.2 Å². The number of nitrogens with one attached hydrogen (secondary N) is 2. The van der Waals surface area contributed by atoms with Crippen molar-refractivity contribution in [3.8, 4) is 0 Å². The monoisotopic (exact) mass is 305 g/mol. The molecule has 0 unspecified atom stereocenters. The molecule has 3 rings (SSSR count). The van der Waals surface area contributed by atoms with Gasteiger partial charge in [0.2, 0.25) is 0 Å². The maximum absolute atomic E-state index is 9.51. The van der Waals surface area contributed by atoms with Gasteiger partial charge >= 0.3 is 5.97 Å². The molecule has 1 aliphatic heterocycles. The molecule has 0 spiro atoms.